The summed E-state index contributed by atoms with van der Waals surface area (Å²) >= 11 is 11.8. The minimum absolute atomic E-state index is 0.251. The van der Waals surface area contributed by atoms with Gasteiger partial charge in [0, 0.05) is 16.7 Å². The maximum Gasteiger partial charge on any atom is 0.279 e. The average Bonchev–Trinajstić information content (AvgIpc) is 2.67. The highest BCUT2D eigenvalue weighted by atomic mass is 35.5. The molecule has 2 N–H and O–H groups in total. The molecule has 0 saturated heterocycles. The van der Waals surface area contributed by atoms with Gasteiger partial charge in [0.2, 0.25) is 0 Å². The fourth-order valence-corrected chi connectivity index (χ4v) is 2.50. The molecular weight excluding hydrogens is 395 g/mol. The summed E-state index contributed by atoms with van der Waals surface area (Å²) in [5, 5.41) is 0.722. The summed E-state index contributed by atoms with van der Waals surface area (Å²) in [7, 11) is 2.94. The summed E-state index contributed by atoms with van der Waals surface area (Å²) in [4.78, 5) is 24.4. The quantitative estimate of drug-likeness (QED) is 0.711. The Bertz CT molecular complexity index is 822. The van der Waals surface area contributed by atoms with Gasteiger partial charge in [-0.25, -0.2) is 0 Å². The smallest absolute Gasteiger partial charge is 0.279 e. The number of hydrazine groups is 1. The summed E-state index contributed by atoms with van der Waals surface area (Å²) in [5.41, 5.74) is 4.85. The van der Waals surface area contributed by atoms with Crippen molar-refractivity contribution in [3.8, 4) is 17.2 Å². The van der Waals surface area contributed by atoms with Crippen molar-refractivity contribution in [2.45, 2.75) is 13.0 Å². The molecule has 0 fully saturated rings. The van der Waals surface area contributed by atoms with Gasteiger partial charge in [0.15, 0.2) is 6.10 Å². The molecule has 0 saturated carbocycles. The highest BCUT2D eigenvalue weighted by molar-refractivity contribution is 6.35. The Hall–Kier alpha value is -2.64. The standard InChI is InChI=1S/C18H18Cl2N2O5/c1-10(27-16-5-4-12(19)8-15(16)20)17(23)21-22-18(24)11-6-13(25-2)9-14(7-11)26-3/h4-10H,1-3H3,(H,21,23)(H,22,24)/t10-/m0/s1. The van der Waals surface area contributed by atoms with Crippen LogP contribution in [0.5, 0.6) is 17.2 Å². The molecule has 9 heteroatoms. The Morgan fingerprint density at radius 3 is 2.15 bits per heavy atom. The van der Waals surface area contributed by atoms with E-state index in [-0.39, 0.29) is 10.6 Å². The Labute approximate surface area is 166 Å². The van der Waals surface area contributed by atoms with Crippen molar-refractivity contribution >= 4 is 35.0 Å². The summed E-state index contributed by atoms with van der Waals surface area (Å²) in [6.07, 6.45) is -0.913. The van der Waals surface area contributed by atoms with Crippen LogP contribution in [0.2, 0.25) is 10.0 Å². The first-order chi connectivity index (χ1) is 12.8. The van der Waals surface area contributed by atoms with Gasteiger partial charge in [-0.2, -0.15) is 0 Å². The molecule has 0 heterocycles. The van der Waals surface area contributed by atoms with E-state index < -0.39 is 17.9 Å². The first-order valence-electron chi connectivity index (χ1n) is 7.79. The first-order valence-corrected chi connectivity index (χ1v) is 8.54. The second-order valence-corrected chi connectivity index (χ2v) is 6.22. The average molecular weight is 413 g/mol. The number of rotatable bonds is 6. The van der Waals surface area contributed by atoms with E-state index in [9.17, 15) is 9.59 Å². The van der Waals surface area contributed by atoms with Crippen LogP contribution < -0.4 is 25.1 Å². The molecule has 7 nitrogen and oxygen atoms in total. The van der Waals surface area contributed by atoms with Crippen molar-refractivity contribution in [3.05, 3.63) is 52.0 Å². The van der Waals surface area contributed by atoms with Gasteiger partial charge in [0.05, 0.1) is 19.2 Å². The summed E-state index contributed by atoms with van der Waals surface area (Å²) < 4.78 is 15.7. The van der Waals surface area contributed by atoms with Crippen molar-refractivity contribution in [1.82, 2.24) is 10.9 Å². The number of nitrogens with one attached hydrogen (secondary N) is 2. The zero-order valence-electron chi connectivity index (χ0n) is 14.8. The molecule has 0 bridgehead atoms. The molecule has 144 valence electrons. The molecule has 0 aliphatic heterocycles. The number of amides is 2. The van der Waals surface area contributed by atoms with Crippen LogP contribution in [0.1, 0.15) is 17.3 Å². The summed E-state index contributed by atoms with van der Waals surface area (Å²) in [6.45, 7) is 1.51. The SMILES string of the molecule is COc1cc(OC)cc(C(=O)NNC(=O)[C@H](C)Oc2ccc(Cl)cc2Cl)c1. The normalized spacial score (nSPS) is 11.3. The predicted molar refractivity (Wildman–Crippen MR) is 102 cm³/mol. The van der Waals surface area contributed by atoms with Gasteiger partial charge >= 0.3 is 0 Å². The van der Waals surface area contributed by atoms with Gasteiger partial charge in [-0.3, -0.25) is 20.4 Å². The van der Waals surface area contributed by atoms with Gasteiger partial charge < -0.3 is 14.2 Å². The van der Waals surface area contributed by atoms with E-state index in [1.165, 1.54) is 39.3 Å². The van der Waals surface area contributed by atoms with Crippen molar-refractivity contribution in [2.24, 2.45) is 0 Å². The zero-order valence-corrected chi connectivity index (χ0v) is 16.4. The van der Waals surface area contributed by atoms with Gasteiger partial charge in [0.25, 0.3) is 11.8 Å². The number of methoxy groups -OCH3 is 2. The minimum atomic E-state index is -0.913. The number of ether oxygens (including phenoxy) is 3. The second kappa shape index (κ2) is 9.34. The number of halogens is 2. The highest BCUT2D eigenvalue weighted by Crippen LogP contribution is 2.28. The fourth-order valence-electron chi connectivity index (χ4n) is 2.05. The number of carbonyl (C=O) groups is 2. The molecule has 0 aromatic heterocycles. The van der Waals surface area contributed by atoms with E-state index in [0.717, 1.165) is 0 Å². The third-order valence-corrected chi connectivity index (χ3v) is 4.01. The number of benzene rings is 2. The van der Waals surface area contributed by atoms with Crippen LogP contribution in [0, 0.1) is 0 Å². The second-order valence-electron chi connectivity index (χ2n) is 5.38. The Balaban J connectivity index is 1.97. The van der Waals surface area contributed by atoms with Gasteiger partial charge in [-0.1, -0.05) is 23.2 Å². The molecule has 27 heavy (non-hydrogen) atoms. The van der Waals surface area contributed by atoms with Gasteiger partial charge in [0.1, 0.15) is 17.2 Å². The van der Waals surface area contributed by atoms with Gasteiger partial charge in [-0.15, -0.1) is 0 Å². The van der Waals surface area contributed by atoms with E-state index in [4.69, 9.17) is 37.4 Å². The van der Waals surface area contributed by atoms with E-state index in [0.29, 0.717) is 22.3 Å². The van der Waals surface area contributed by atoms with Crippen LogP contribution in [-0.4, -0.2) is 32.1 Å². The van der Waals surface area contributed by atoms with Crippen LogP contribution in [0.15, 0.2) is 36.4 Å². The lowest BCUT2D eigenvalue weighted by Gasteiger charge is -2.16. The third kappa shape index (κ3) is 5.67. The Kier molecular flexibility index (Phi) is 7.15. The third-order valence-electron chi connectivity index (χ3n) is 3.48. The minimum Gasteiger partial charge on any atom is -0.497 e. The van der Waals surface area contributed by atoms with Crippen LogP contribution in [0.25, 0.3) is 0 Å². The topological polar surface area (TPSA) is 85.9 Å². The molecule has 0 unspecified atom stereocenters. The maximum atomic E-state index is 12.2. The molecule has 0 radical (unpaired) electrons. The lowest BCUT2D eigenvalue weighted by molar-refractivity contribution is -0.128. The predicted octanol–water partition coefficient (Wildman–Crippen LogP) is 3.24. The molecule has 2 aromatic rings. The van der Waals surface area contributed by atoms with Crippen LogP contribution in [0.3, 0.4) is 0 Å². The Morgan fingerprint density at radius 2 is 1.59 bits per heavy atom. The van der Waals surface area contributed by atoms with E-state index in [2.05, 4.69) is 10.9 Å². The Morgan fingerprint density at radius 1 is 0.963 bits per heavy atom. The largest absolute Gasteiger partial charge is 0.497 e. The number of hydrogen-bond donors (Lipinski definition) is 2. The lowest BCUT2D eigenvalue weighted by Crippen LogP contribution is -2.47. The van der Waals surface area contributed by atoms with Crippen LogP contribution in [-0.2, 0) is 4.79 Å². The zero-order chi connectivity index (χ0) is 20.0. The molecular formula is C18H18Cl2N2O5. The molecule has 2 amide bonds. The van der Waals surface area contributed by atoms with Crippen molar-refractivity contribution in [1.29, 1.82) is 0 Å². The monoisotopic (exact) mass is 412 g/mol. The molecule has 0 aliphatic rings. The molecule has 2 aromatic carbocycles. The molecule has 0 aliphatic carbocycles. The van der Waals surface area contributed by atoms with Gasteiger partial charge in [-0.05, 0) is 37.3 Å². The molecule has 0 spiro atoms. The van der Waals surface area contributed by atoms with Crippen molar-refractivity contribution in [3.63, 3.8) is 0 Å². The fraction of sp³-hybridized carbons (Fsp3) is 0.222. The molecule has 2 rings (SSSR count). The number of hydrogen-bond acceptors (Lipinski definition) is 5. The van der Waals surface area contributed by atoms with Crippen molar-refractivity contribution in [2.75, 3.05) is 14.2 Å². The number of carbonyl (C=O) groups excluding carboxylic acids is 2. The van der Waals surface area contributed by atoms with E-state index in [1.807, 2.05) is 0 Å². The first kappa shape index (κ1) is 20.7. The highest BCUT2D eigenvalue weighted by Gasteiger charge is 2.18. The lowest BCUT2D eigenvalue weighted by atomic mass is 10.2. The van der Waals surface area contributed by atoms with Crippen LogP contribution in [0.4, 0.5) is 0 Å². The molecule has 1 atom stereocenters. The maximum absolute atomic E-state index is 12.2. The van der Waals surface area contributed by atoms with Crippen LogP contribution >= 0.6 is 23.2 Å². The summed E-state index contributed by atoms with van der Waals surface area (Å²) in [6, 6.07) is 9.29. The van der Waals surface area contributed by atoms with E-state index in [1.54, 1.807) is 18.2 Å². The van der Waals surface area contributed by atoms with E-state index >= 15 is 0 Å². The summed E-state index contributed by atoms with van der Waals surface area (Å²) in [5.74, 6) is 0.0777. The van der Waals surface area contributed by atoms with Crippen molar-refractivity contribution < 1.29 is 23.8 Å².